The van der Waals surface area contributed by atoms with Gasteiger partial charge in [0, 0.05) is 25.5 Å². The summed E-state index contributed by atoms with van der Waals surface area (Å²) in [6.07, 6.45) is 1.36. The molecule has 1 aliphatic rings. The first-order valence-electron chi connectivity index (χ1n) is 4.80. The van der Waals surface area contributed by atoms with Crippen LogP contribution in [0.1, 0.15) is 27.2 Å². The van der Waals surface area contributed by atoms with Crippen molar-refractivity contribution < 1.29 is 4.74 Å². The lowest BCUT2D eigenvalue weighted by Crippen LogP contribution is -2.20. The zero-order valence-electron chi connectivity index (χ0n) is 8.98. The third-order valence-electron chi connectivity index (χ3n) is 2.05. The average Bonchev–Trinajstić information content (AvgIpc) is 2.47. The lowest BCUT2D eigenvalue weighted by atomic mass is 9.97. The average molecular weight is 181 g/mol. The molecule has 13 heavy (non-hydrogen) atoms. The van der Waals surface area contributed by atoms with Crippen molar-refractivity contribution in [2.24, 2.45) is 5.41 Å². The van der Waals surface area contributed by atoms with Gasteiger partial charge in [-0.1, -0.05) is 11.8 Å². The van der Waals surface area contributed by atoms with Gasteiger partial charge in [0.15, 0.2) is 0 Å². The van der Waals surface area contributed by atoms with E-state index in [2.05, 4.69) is 37.9 Å². The molecule has 2 nitrogen and oxygen atoms in total. The number of nitrogens with one attached hydrogen (secondary N) is 1. The molecule has 0 spiro atoms. The Hall–Kier alpha value is -0.520. The third-order valence-corrected chi connectivity index (χ3v) is 2.05. The fourth-order valence-corrected chi connectivity index (χ4v) is 1.30. The highest BCUT2D eigenvalue weighted by atomic mass is 16.5. The molecular formula is C11H19NO. The minimum atomic E-state index is 0.104. The quantitative estimate of drug-likeness (QED) is 0.618. The van der Waals surface area contributed by atoms with Crippen molar-refractivity contribution in [2.75, 3.05) is 13.7 Å². The van der Waals surface area contributed by atoms with Crippen molar-refractivity contribution in [3.05, 3.63) is 0 Å². The van der Waals surface area contributed by atoms with Crippen molar-refractivity contribution in [3.8, 4) is 11.8 Å². The Morgan fingerprint density at radius 2 is 2.08 bits per heavy atom. The maximum Gasteiger partial charge on any atom is 0.0720 e. The van der Waals surface area contributed by atoms with Gasteiger partial charge in [-0.05, 0) is 20.8 Å². The SMILES string of the molecule is CO[C@H]1CN[C@H](C#CC(C)(C)C)C1. The minimum Gasteiger partial charge on any atom is -0.380 e. The molecule has 0 bridgehead atoms. The number of ether oxygens (including phenoxy) is 1. The molecule has 0 aromatic heterocycles. The first-order valence-corrected chi connectivity index (χ1v) is 4.80. The molecule has 0 aliphatic carbocycles. The topological polar surface area (TPSA) is 21.3 Å². The molecule has 1 N–H and O–H groups in total. The van der Waals surface area contributed by atoms with E-state index in [-0.39, 0.29) is 5.41 Å². The van der Waals surface area contributed by atoms with Gasteiger partial charge in [-0.25, -0.2) is 0 Å². The molecule has 0 aromatic rings. The van der Waals surface area contributed by atoms with Gasteiger partial charge in [0.2, 0.25) is 0 Å². The normalized spacial score (nSPS) is 28.3. The Morgan fingerprint density at radius 1 is 1.38 bits per heavy atom. The summed E-state index contributed by atoms with van der Waals surface area (Å²) >= 11 is 0. The van der Waals surface area contributed by atoms with Gasteiger partial charge in [0.05, 0.1) is 12.1 Å². The molecule has 1 fully saturated rings. The fourth-order valence-electron chi connectivity index (χ4n) is 1.30. The van der Waals surface area contributed by atoms with E-state index in [1.54, 1.807) is 7.11 Å². The Morgan fingerprint density at radius 3 is 2.54 bits per heavy atom. The molecule has 2 atom stereocenters. The third kappa shape index (κ3) is 3.80. The van der Waals surface area contributed by atoms with Gasteiger partial charge in [-0.3, -0.25) is 0 Å². The van der Waals surface area contributed by atoms with Gasteiger partial charge in [0.25, 0.3) is 0 Å². The van der Waals surface area contributed by atoms with E-state index in [9.17, 15) is 0 Å². The standard InChI is InChI=1S/C11H19NO/c1-11(2,3)6-5-9-7-10(13-4)8-12-9/h9-10,12H,7-8H2,1-4H3/t9-,10-/m1/s1. The van der Waals surface area contributed by atoms with Crippen LogP contribution in [-0.2, 0) is 4.74 Å². The van der Waals surface area contributed by atoms with Crippen LogP contribution in [0.15, 0.2) is 0 Å². The van der Waals surface area contributed by atoms with Gasteiger partial charge < -0.3 is 10.1 Å². The van der Waals surface area contributed by atoms with Gasteiger partial charge in [-0.2, -0.15) is 0 Å². The zero-order valence-corrected chi connectivity index (χ0v) is 8.98. The largest absolute Gasteiger partial charge is 0.380 e. The van der Waals surface area contributed by atoms with E-state index >= 15 is 0 Å². The molecular weight excluding hydrogens is 162 g/mol. The predicted octanol–water partition coefficient (Wildman–Crippen LogP) is 1.41. The summed E-state index contributed by atoms with van der Waals surface area (Å²) < 4.78 is 5.24. The van der Waals surface area contributed by atoms with Crippen LogP contribution < -0.4 is 5.32 Å². The smallest absolute Gasteiger partial charge is 0.0720 e. The number of hydrogen-bond acceptors (Lipinski definition) is 2. The summed E-state index contributed by atoms with van der Waals surface area (Å²) in [6, 6.07) is 0.323. The van der Waals surface area contributed by atoms with Crippen LogP contribution in [0.4, 0.5) is 0 Å². The number of rotatable bonds is 1. The second-order valence-electron chi connectivity index (χ2n) is 4.57. The van der Waals surface area contributed by atoms with Crippen LogP contribution in [0.2, 0.25) is 0 Å². The second kappa shape index (κ2) is 4.13. The van der Waals surface area contributed by atoms with Gasteiger partial charge in [0.1, 0.15) is 0 Å². The molecule has 1 rings (SSSR count). The van der Waals surface area contributed by atoms with E-state index in [1.165, 1.54) is 0 Å². The first-order chi connectivity index (χ1) is 6.01. The number of methoxy groups -OCH3 is 1. The zero-order chi connectivity index (χ0) is 9.90. The van der Waals surface area contributed by atoms with Crippen molar-refractivity contribution in [1.82, 2.24) is 5.32 Å². The molecule has 0 radical (unpaired) electrons. The highest BCUT2D eigenvalue weighted by molar-refractivity contribution is 5.15. The Kier molecular flexibility index (Phi) is 3.35. The number of hydrogen-bond donors (Lipinski definition) is 1. The van der Waals surface area contributed by atoms with Crippen LogP contribution in [0.3, 0.4) is 0 Å². The maximum absolute atomic E-state index is 5.24. The molecule has 0 aromatic carbocycles. The Bertz CT molecular complexity index is 218. The molecule has 1 aliphatic heterocycles. The summed E-state index contributed by atoms with van der Waals surface area (Å²) in [7, 11) is 1.76. The van der Waals surface area contributed by atoms with E-state index in [1.807, 2.05) is 0 Å². The fraction of sp³-hybridized carbons (Fsp3) is 0.818. The van der Waals surface area contributed by atoms with E-state index in [4.69, 9.17) is 4.74 Å². The van der Waals surface area contributed by atoms with Gasteiger partial charge in [-0.15, -0.1) is 0 Å². The van der Waals surface area contributed by atoms with Crippen LogP contribution in [0, 0.1) is 17.3 Å². The molecule has 0 saturated carbocycles. The summed E-state index contributed by atoms with van der Waals surface area (Å²) in [5.41, 5.74) is 0.104. The van der Waals surface area contributed by atoms with Crippen LogP contribution >= 0.6 is 0 Å². The van der Waals surface area contributed by atoms with Crippen LogP contribution in [-0.4, -0.2) is 25.8 Å². The van der Waals surface area contributed by atoms with Crippen LogP contribution in [0.5, 0.6) is 0 Å². The molecule has 2 heteroatoms. The van der Waals surface area contributed by atoms with Crippen molar-refractivity contribution in [1.29, 1.82) is 0 Å². The predicted molar refractivity (Wildman–Crippen MR) is 54.4 cm³/mol. The molecule has 0 unspecified atom stereocenters. The van der Waals surface area contributed by atoms with E-state index in [0.29, 0.717) is 12.1 Å². The summed E-state index contributed by atoms with van der Waals surface area (Å²) in [4.78, 5) is 0. The summed E-state index contributed by atoms with van der Waals surface area (Å²) in [5, 5.41) is 3.33. The highest BCUT2D eigenvalue weighted by Gasteiger charge is 2.21. The first kappa shape index (κ1) is 10.6. The highest BCUT2D eigenvalue weighted by Crippen LogP contribution is 2.12. The van der Waals surface area contributed by atoms with Crippen LogP contribution in [0.25, 0.3) is 0 Å². The molecule has 1 heterocycles. The van der Waals surface area contributed by atoms with Gasteiger partial charge >= 0.3 is 0 Å². The minimum absolute atomic E-state index is 0.104. The summed E-state index contributed by atoms with van der Waals surface area (Å²) in [6.45, 7) is 7.31. The Labute approximate surface area is 81.0 Å². The van der Waals surface area contributed by atoms with Crippen molar-refractivity contribution in [3.63, 3.8) is 0 Å². The molecule has 1 saturated heterocycles. The lowest BCUT2D eigenvalue weighted by Gasteiger charge is -2.08. The lowest BCUT2D eigenvalue weighted by molar-refractivity contribution is 0.118. The second-order valence-corrected chi connectivity index (χ2v) is 4.57. The monoisotopic (exact) mass is 181 g/mol. The van der Waals surface area contributed by atoms with Crippen molar-refractivity contribution >= 4 is 0 Å². The Balaban J connectivity index is 2.43. The van der Waals surface area contributed by atoms with E-state index < -0.39 is 0 Å². The van der Waals surface area contributed by atoms with E-state index in [0.717, 1.165) is 13.0 Å². The molecule has 0 amide bonds. The summed E-state index contributed by atoms with van der Waals surface area (Å²) in [5.74, 6) is 6.49. The van der Waals surface area contributed by atoms with Crippen molar-refractivity contribution in [2.45, 2.75) is 39.3 Å². The maximum atomic E-state index is 5.24. The molecule has 74 valence electrons.